The van der Waals surface area contributed by atoms with Gasteiger partial charge in [0.2, 0.25) is 0 Å². The molecule has 3 rings (SSSR count). The number of ether oxygens (including phenoxy) is 2. The lowest BCUT2D eigenvalue weighted by Gasteiger charge is -2.07. The van der Waals surface area contributed by atoms with Crippen LogP contribution in [-0.4, -0.2) is 40.0 Å². The van der Waals surface area contributed by atoms with Crippen LogP contribution in [0.15, 0.2) is 58.4 Å². The van der Waals surface area contributed by atoms with E-state index in [4.69, 9.17) is 9.47 Å². The molecule has 0 saturated carbocycles. The normalized spacial score (nSPS) is 15.4. The molecular weight excluding hydrogens is 404 g/mol. The lowest BCUT2D eigenvalue weighted by molar-refractivity contribution is -0.144. The third-order valence-corrected chi connectivity index (χ3v) is 6.00. The highest BCUT2D eigenvalue weighted by molar-refractivity contribution is 7.90. The van der Waals surface area contributed by atoms with Crippen LogP contribution in [-0.2, 0) is 19.6 Å². The molecular formula is C22H26N2O5S. The van der Waals surface area contributed by atoms with Crippen molar-refractivity contribution in [1.82, 2.24) is 4.72 Å². The van der Waals surface area contributed by atoms with E-state index < -0.39 is 10.0 Å². The van der Waals surface area contributed by atoms with Crippen LogP contribution in [0.25, 0.3) is 0 Å². The smallest absolute Gasteiger partial charge is 0.305 e. The summed E-state index contributed by atoms with van der Waals surface area (Å²) in [4.78, 5) is 16.4. The quantitative estimate of drug-likeness (QED) is 0.461. The van der Waals surface area contributed by atoms with Gasteiger partial charge in [-0.1, -0.05) is 36.2 Å². The standard InChI is InChI=1S/C22H26N2O5S/c1-17-10-12-18(13-11-17)28-15-16-29-21(25)9-3-2-6-14-23-22-19-7-4-5-8-20(19)30(26,27)24-22/h4-5,7-8,10-13H,2-3,6,9,14-16H2,1H3,(H,23,24). The summed E-state index contributed by atoms with van der Waals surface area (Å²) >= 11 is 0. The monoisotopic (exact) mass is 430 g/mol. The molecule has 0 fully saturated rings. The predicted octanol–water partition coefficient (Wildman–Crippen LogP) is 3.22. The Hall–Kier alpha value is -2.87. The number of aryl methyl sites for hydroxylation is 1. The van der Waals surface area contributed by atoms with Crippen molar-refractivity contribution in [3.63, 3.8) is 0 Å². The molecule has 160 valence electrons. The van der Waals surface area contributed by atoms with Crippen molar-refractivity contribution < 1.29 is 22.7 Å². The summed E-state index contributed by atoms with van der Waals surface area (Å²) in [6.45, 7) is 3.04. The molecule has 0 bridgehead atoms. The van der Waals surface area contributed by atoms with E-state index in [1.807, 2.05) is 31.2 Å². The summed E-state index contributed by atoms with van der Waals surface area (Å²) in [5, 5.41) is 0. The third-order valence-electron chi connectivity index (χ3n) is 4.61. The Balaban J connectivity index is 1.28. The summed E-state index contributed by atoms with van der Waals surface area (Å²) in [5.74, 6) is 0.898. The first-order chi connectivity index (χ1) is 14.5. The Kier molecular flexibility index (Phi) is 7.46. The fourth-order valence-corrected chi connectivity index (χ4v) is 4.27. The average Bonchev–Trinajstić information content (AvgIpc) is 3.00. The highest BCUT2D eigenvalue weighted by atomic mass is 32.2. The van der Waals surface area contributed by atoms with Crippen LogP contribution < -0.4 is 9.46 Å². The summed E-state index contributed by atoms with van der Waals surface area (Å²) in [5.41, 5.74) is 1.77. The minimum absolute atomic E-state index is 0.222. The molecule has 2 aromatic carbocycles. The van der Waals surface area contributed by atoms with E-state index in [9.17, 15) is 13.2 Å². The third kappa shape index (κ3) is 6.06. The van der Waals surface area contributed by atoms with Crippen LogP contribution in [0.3, 0.4) is 0 Å². The summed E-state index contributed by atoms with van der Waals surface area (Å²) in [6.07, 6.45) is 2.61. The second-order valence-electron chi connectivity index (χ2n) is 7.02. The SMILES string of the molecule is Cc1ccc(OCCOC(=O)CCCCCN=C2NS(=O)(=O)c3ccccc32)cc1. The Labute approximate surface area is 177 Å². The minimum Gasteiger partial charge on any atom is -0.490 e. The van der Waals surface area contributed by atoms with Gasteiger partial charge in [0.1, 0.15) is 24.8 Å². The molecule has 1 N–H and O–H groups in total. The molecule has 1 heterocycles. The number of carbonyl (C=O) groups excluding carboxylic acids is 1. The lowest BCUT2D eigenvalue weighted by Crippen LogP contribution is -2.22. The summed E-state index contributed by atoms with van der Waals surface area (Å²) in [6, 6.07) is 14.5. The number of rotatable bonds is 10. The Morgan fingerprint density at radius 2 is 1.77 bits per heavy atom. The van der Waals surface area contributed by atoms with Gasteiger partial charge in [0.05, 0.1) is 4.90 Å². The van der Waals surface area contributed by atoms with Gasteiger partial charge in [0, 0.05) is 18.5 Å². The maximum atomic E-state index is 12.0. The molecule has 8 heteroatoms. The van der Waals surface area contributed by atoms with Gasteiger partial charge in [0.15, 0.2) is 0 Å². The molecule has 0 atom stereocenters. The molecule has 0 aliphatic carbocycles. The topological polar surface area (TPSA) is 94.1 Å². The number of unbranched alkanes of at least 4 members (excludes halogenated alkanes) is 2. The van der Waals surface area contributed by atoms with Gasteiger partial charge < -0.3 is 9.47 Å². The molecule has 0 saturated heterocycles. The molecule has 0 aromatic heterocycles. The number of hydrogen-bond acceptors (Lipinski definition) is 6. The zero-order chi connectivity index (χ0) is 21.4. The first-order valence-corrected chi connectivity index (χ1v) is 11.5. The summed E-state index contributed by atoms with van der Waals surface area (Å²) in [7, 11) is -3.50. The van der Waals surface area contributed by atoms with Crippen LogP contribution in [0, 0.1) is 6.92 Å². The van der Waals surface area contributed by atoms with E-state index in [0.29, 0.717) is 37.4 Å². The van der Waals surface area contributed by atoms with E-state index in [-0.39, 0.29) is 17.5 Å². The fourth-order valence-electron chi connectivity index (χ4n) is 3.02. The number of esters is 1. The molecule has 0 unspecified atom stereocenters. The maximum Gasteiger partial charge on any atom is 0.305 e. The van der Waals surface area contributed by atoms with Crippen molar-refractivity contribution >= 4 is 21.8 Å². The lowest BCUT2D eigenvalue weighted by atomic mass is 10.2. The number of nitrogens with one attached hydrogen (secondary N) is 1. The number of fused-ring (bicyclic) bond motifs is 1. The maximum absolute atomic E-state index is 12.0. The van der Waals surface area contributed by atoms with Crippen LogP contribution >= 0.6 is 0 Å². The van der Waals surface area contributed by atoms with Crippen molar-refractivity contribution in [2.75, 3.05) is 19.8 Å². The van der Waals surface area contributed by atoms with Crippen molar-refractivity contribution in [3.8, 4) is 5.75 Å². The van der Waals surface area contributed by atoms with E-state index in [1.165, 1.54) is 0 Å². The second kappa shape index (κ2) is 10.2. The van der Waals surface area contributed by atoms with Crippen molar-refractivity contribution in [3.05, 3.63) is 59.7 Å². The Bertz CT molecular complexity index is 1000. The molecule has 0 radical (unpaired) electrons. The first kappa shape index (κ1) is 21.8. The van der Waals surface area contributed by atoms with E-state index >= 15 is 0 Å². The highest BCUT2D eigenvalue weighted by Crippen LogP contribution is 2.22. The molecule has 0 amide bonds. The van der Waals surface area contributed by atoms with Crippen LogP contribution in [0.1, 0.15) is 36.8 Å². The molecule has 1 aliphatic heterocycles. The highest BCUT2D eigenvalue weighted by Gasteiger charge is 2.29. The number of hydrogen-bond donors (Lipinski definition) is 1. The number of benzene rings is 2. The van der Waals surface area contributed by atoms with Gasteiger partial charge in [-0.2, -0.15) is 0 Å². The van der Waals surface area contributed by atoms with E-state index in [0.717, 1.165) is 24.2 Å². The van der Waals surface area contributed by atoms with E-state index in [2.05, 4.69) is 9.71 Å². The number of nitrogens with zero attached hydrogens (tertiary/aromatic N) is 1. The van der Waals surface area contributed by atoms with Crippen molar-refractivity contribution in [1.29, 1.82) is 0 Å². The fraction of sp³-hybridized carbons (Fsp3) is 0.364. The second-order valence-corrected chi connectivity index (χ2v) is 8.68. The van der Waals surface area contributed by atoms with Crippen LogP contribution in [0.2, 0.25) is 0 Å². The number of aliphatic imine (C=N–C) groups is 1. The van der Waals surface area contributed by atoms with Gasteiger partial charge >= 0.3 is 5.97 Å². The minimum atomic E-state index is -3.50. The Morgan fingerprint density at radius 1 is 1.00 bits per heavy atom. The first-order valence-electron chi connectivity index (χ1n) is 9.97. The van der Waals surface area contributed by atoms with Crippen LogP contribution in [0.4, 0.5) is 0 Å². The molecule has 1 aliphatic rings. The van der Waals surface area contributed by atoms with Crippen molar-refractivity contribution in [2.24, 2.45) is 4.99 Å². The number of amidine groups is 1. The van der Waals surface area contributed by atoms with Crippen molar-refractivity contribution in [2.45, 2.75) is 37.5 Å². The molecule has 30 heavy (non-hydrogen) atoms. The molecule has 0 spiro atoms. The summed E-state index contributed by atoms with van der Waals surface area (Å²) < 4.78 is 37.2. The number of sulfonamides is 1. The number of carbonyl (C=O) groups is 1. The average molecular weight is 431 g/mol. The molecule has 2 aromatic rings. The van der Waals surface area contributed by atoms with Crippen LogP contribution in [0.5, 0.6) is 5.75 Å². The van der Waals surface area contributed by atoms with Gasteiger partial charge in [-0.05, 0) is 44.0 Å². The van der Waals surface area contributed by atoms with Gasteiger partial charge in [-0.15, -0.1) is 0 Å². The van der Waals surface area contributed by atoms with Gasteiger partial charge in [0.25, 0.3) is 10.0 Å². The Morgan fingerprint density at radius 3 is 2.57 bits per heavy atom. The predicted molar refractivity (Wildman–Crippen MR) is 114 cm³/mol. The van der Waals surface area contributed by atoms with E-state index in [1.54, 1.807) is 24.3 Å². The largest absolute Gasteiger partial charge is 0.490 e. The zero-order valence-corrected chi connectivity index (χ0v) is 17.8. The van der Waals surface area contributed by atoms with Gasteiger partial charge in [-0.3, -0.25) is 14.5 Å². The van der Waals surface area contributed by atoms with Gasteiger partial charge in [-0.25, -0.2) is 8.42 Å². The molecule has 7 nitrogen and oxygen atoms in total. The zero-order valence-electron chi connectivity index (χ0n) is 17.0.